The molecule has 188 valence electrons. The summed E-state index contributed by atoms with van der Waals surface area (Å²) in [6.07, 6.45) is 0. The Hall–Kier alpha value is -3.55. The number of nitrogens with zero attached hydrogens (tertiary/aromatic N) is 3. The molecule has 0 spiro atoms. The van der Waals surface area contributed by atoms with Crippen molar-refractivity contribution in [3.05, 3.63) is 112 Å². The van der Waals surface area contributed by atoms with Gasteiger partial charge < -0.3 is 10.6 Å². The summed E-state index contributed by atoms with van der Waals surface area (Å²) >= 11 is 7.57. The van der Waals surface area contributed by atoms with Gasteiger partial charge in [0.05, 0.1) is 5.57 Å². The van der Waals surface area contributed by atoms with Gasteiger partial charge in [0.15, 0.2) is 0 Å². The van der Waals surface area contributed by atoms with Crippen molar-refractivity contribution in [3.63, 3.8) is 0 Å². The number of hydrogen-bond acceptors (Lipinski definition) is 5. The van der Waals surface area contributed by atoms with Gasteiger partial charge in [-0.05, 0) is 53.8 Å². The Balaban J connectivity index is 1.49. The van der Waals surface area contributed by atoms with Crippen LogP contribution in [-0.4, -0.2) is 20.7 Å². The molecule has 3 aromatic carbocycles. The third kappa shape index (κ3) is 5.58. The fourth-order valence-electron chi connectivity index (χ4n) is 4.31. The van der Waals surface area contributed by atoms with Crippen LogP contribution in [0, 0.1) is 0 Å². The van der Waals surface area contributed by atoms with Crippen molar-refractivity contribution in [1.29, 1.82) is 0 Å². The van der Waals surface area contributed by atoms with E-state index in [4.69, 9.17) is 21.7 Å². The normalized spacial score (nSPS) is 14.9. The third-order valence-corrected chi connectivity index (χ3v) is 7.47. The summed E-state index contributed by atoms with van der Waals surface area (Å²) in [6.45, 7) is 6.25. The number of nitrogens with one attached hydrogen (secondary N) is 2. The second-order valence-corrected chi connectivity index (χ2v) is 10.7. The van der Waals surface area contributed by atoms with E-state index in [-0.39, 0.29) is 5.91 Å². The van der Waals surface area contributed by atoms with Gasteiger partial charge in [-0.2, -0.15) is 4.98 Å². The summed E-state index contributed by atoms with van der Waals surface area (Å²) in [4.78, 5) is 18.4. The van der Waals surface area contributed by atoms with E-state index in [0.717, 1.165) is 22.5 Å². The molecule has 2 heterocycles. The molecule has 0 fully saturated rings. The monoisotopic (exact) mass is 529 g/mol. The molecule has 1 amide bonds. The van der Waals surface area contributed by atoms with Crippen molar-refractivity contribution >= 4 is 40.9 Å². The molecule has 2 N–H and O–H groups in total. The fourth-order valence-corrected chi connectivity index (χ4v) is 5.22. The Labute approximate surface area is 226 Å². The zero-order chi connectivity index (χ0) is 25.9. The quantitative estimate of drug-likeness (QED) is 0.246. The molecule has 8 heteroatoms. The second-order valence-electron chi connectivity index (χ2n) is 9.29. The molecule has 4 aromatic rings. The van der Waals surface area contributed by atoms with Crippen LogP contribution in [0.5, 0.6) is 0 Å². The number of halogens is 1. The molecule has 1 aliphatic heterocycles. The van der Waals surface area contributed by atoms with Crippen LogP contribution >= 0.6 is 23.4 Å². The lowest BCUT2D eigenvalue weighted by atomic mass is 9.93. The second kappa shape index (κ2) is 10.8. The number of fused-ring (bicyclic) bond motifs is 1. The van der Waals surface area contributed by atoms with Crippen molar-refractivity contribution in [2.45, 2.75) is 43.6 Å². The number of hydrogen-bond donors (Lipinski definition) is 2. The lowest BCUT2D eigenvalue weighted by molar-refractivity contribution is -0.113. The molecule has 6 nitrogen and oxygen atoms in total. The minimum atomic E-state index is -0.418. The topological polar surface area (TPSA) is 71.8 Å². The van der Waals surface area contributed by atoms with Crippen molar-refractivity contribution in [3.8, 4) is 0 Å². The van der Waals surface area contributed by atoms with Crippen LogP contribution in [0.25, 0.3) is 0 Å². The standard InChI is InChI=1S/C29H28ClN5OS/c1-18(2)21-11-13-22(14-12-21)26-25(27(36)32-24-7-5-4-6-8-24)19(3)31-28-33-29(34-35(26)28)37-17-20-9-15-23(30)16-10-20/h4-16,18,26H,17H2,1-3H3,(H,32,36)(H,31,33,34)/t26-/m1/s1. The number of amides is 1. The van der Waals surface area contributed by atoms with E-state index in [1.807, 2.05) is 66.2 Å². The van der Waals surface area contributed by atoms with Gasteiger partial charge in [0.2, 0.25) is 11.1 Å². The number of para-hydroxylation sites is 1. The first-order valence-corrected chi connectivity index (χ1v) is 13.5. The zero-order valence-electron chi connectivity index (χ0n) is 20.9. The SMILES string of the molecule is CC1=C(C(=O)Nc2ccccc2)[C@@H](c2ccc(C(C)C)cc2)n2nc(SCc3ccc(Cl)cc3)nc2N1. The number of carbonyl (C=O) groups excluding carboxylic acids is 1. The highest BCUT2D eigenvalue weighted by Gasteiger charge is 2.34. The molecule has 0 aliphatic carbocycles. The Morgan fingerprint density at radius 1 is 1.05 bits per heavy atom. The first-order valence-electron chi connectivity index (χ1n) is 12.2. The van der Waals surface area contributed by atoms with Crippen molar-refractivity contribution in [2.24, 2.45) is 0 Å². The van der Waals surface area contributed by atoms with Gasteiger partial charge in [-0.3, -0.25) is 4.79 Å². The number of anilines is 2. The van der Waals surface area contributed by atoms with Crippen LogP contribution in [0.3, 0.4) is 0 Å². The van der Waals surface area contributed by atoms with Crippen LogP contribution < -0.4 is 10.6 Å². The van der Waals surface area contributed by atoms with Crippen LogP contribution in [0.2, 0.25) is 5.02 Å². The van der Waals surface area contributed by atoms with E-state index in [1.165, 1.54) is 5.56 Å². The van der Waals surface area contributed by atoms with E-state index in [1.54, 1.807) is 11.8 Å². The molecule has 0 unspecified atom stereocenters. The molecule has 5 rings (SSSR count). The van der Waals surface area contributed by atoms with Gasteiger partial charge in [-0.25, -0.2) is 4.68 Å². The van der Waals surface area contributed by atoms with Crippen molar-refractivity contribution < 1.29 is 4.79 Å². The largest absolute Gasteiger partial charge is 0.328 e. The highest BCUT2D eigenvalue weighted by molar-refractivity contribution is 7.98. The molecule has 1 atom stereocenters. The summed E-state index contributed by atoms with van der Waals surface area (Å²) in [5.41, 5.74) is 5.45. The maximum Gasteiger partial charge on any atom is 0.255 e. The molecule has 0 saturated carbocycles. The van der Waals surface area contributed by atoms with Gasteiger partial charge in [0.25, 0.3) is 5.91 Å². The summed E-state index contributed by atoms with van der Waals surface area (Å²) in [5, 5.41) is 12.5. The number of thioether (sulfide) groups is 1. The van der Waals surface area contributed by atoms with Crippen molar-refractivity contribution in [2.75, 3.05) is 10.6 Å². The molecule has 0 radical (unpaired) electrons. The van der Waals surface area contributed by atoms with E-state index in [2.05, 4.69) is 48.7 Å². The van der Waals surface area contributed by atoms with Crippen LogP contribution in [0.15, 0.2) is 95.3 Å². The lowest BCUT2D eigenvalue weighted by Crippen LogP contribution is -2.31. The fraction of sp³-hybridized carbons (Fsp3) is 0.207. The first kappa shape index (κ1) is 25.1. The highest BCUT2D eigenvalue weighted by Crippen LogP contribution is 2.37. The predicted octanol–water partition coefficient (Wildman–Crippen LogP) is 7.27. The maximum atomic E-state index is 13.6. The van der Waals surface area contributed by atoms with Crippen LogP contribution in [0.4, 0.5) is 11.6 Å². The average molecular weight is 530 g/mol. The van der Waals surface area contributed by atoms with Gasteiger partial charge >= 0.3 is 0 Å². The zero-order valence-corrected chi connectivity index (χ0v) is 22.5. The maximum absolute atomic E-state index is 13.6. The summed E-state index contributed by atoms with van der Waals surface area (Å²) in [7, 11) is 0. The number of allylic oxidation sites excluding steroid dienone is 1. The number of benzene rings is 3. The molecule has 0 saturated heterocycles. The minimum absolute atomic E-state index is 0.175. The van der Waals surface area contributed by atoms with E-state index < -0.39 is 6.04 Å². The molecule has 1 aliphatic rings. The lowest BCUT2D eigenvalue weighted by Gasteiger charge is -2.29. The molecular formula is C29H28ClN5OS. The van der Waals surface area contributed by atoms with Crippen LogP contribution in [0.1, 0.15) is 49.4 Å². The summed E-state index contributed by atoms with van der Waals surface area (Å²) in [5.74, 6) is 1.57. The Morgan fingerprint density at radius 2 is 1.76 bits per heavy atom. The van der Waals surface area contributed by atoms with Crippen molar-refractivity contribution in [1.82, 2.24) is 14.8 Å². The predicted molar refractivity (Wildman–Crippen MR) is 151 cm³/mol. The number of carbonyl (C=O) groups is 1. The third-order valence-electron chi connectivity index (χ3n) is 6.31. The number of rotatable bonds is 7. The van der Waals surface area contributed by atoms with E-state index in [0.29, 0.717) is 33.4 Å². The van der Waals surface area contributed by atoms with Gasteiger partial charge in [-0.1, -0.05) is 91.8 Å². The minimum Gasteiger partial charge on any atom is -0.328 e. The molecule has 1 aromatic heterocycles. The van der Waals surface area contributed by atoms with Gasteiger partial charge in [0.1, 0.15) is 6.04 Å². The van der Waals surface area contributed by atoms with E-state index in [9.17, 15) is 4.79 Å². The van der Waals surface area contributed by atoms with Gasteiger partial charge in [-0.15, -0.1) is 5.10 Å². The Kier molecular flexibility index (Phi) is 7.35. The smallest absolute Gasteiger partial charge is 0.255 e. The number of aromatic nitrogens is 3. The molecule has 0 bridgehead atoms. The average Bonchev–Trinajstić information content (AvgIpc) is 3.30. The summed E-state index contributed by atoms with van der Waals surface area (Å²) in [6, 6.07) is 25.2. The van der Waals surface area contributed by atoms with Gasteiger partial charge in [0, 0.05) is 22.2 Å². The molecular weight excluding hydrogens is 502 g/mol. The summed E-state index contributed by atoms with van der Waals surface area (Å²) < 4.78 is 1.82. The highest BCUT2D eigenvalue weighted by atomic mass is 35.5. The van der Waals surface area contributed by atoms with Crippen LogP contribution in [-0.2, 0) is 10.5 Å². The van der Waals surface area contributed by atoms with E-state index >= 15 is 0 Å². The Morgan fingerprint density at radius 3 is 2.43 bits per heavy atom. The molecule has 37 heavy (non-hydrogen) atoms. The Bertz CT molecular complexity index is 1430. The first-order chi connectivity index (χ1) is 17.9.